The Labute approximate surface area is 210 Å². The number of hydrogen-bond donors (Lipinski definition) is 1. The molecule has 0 aliphatic rings. The van der Waals surface area contributed by atoms with Gasteiger partial charge in [0.25, 0.3) is 0 Å². The molecule has 4 rings (SSSR count). The van der Waals surface area contributed by atoms with E-state index in [1.54, 1.807) is 30.3 Å². The van der Waals surface area contributed by atoms with Crippen LogP contribution in [-0.2, 0) is 16.4 Å². The fraction of sp³-hybridized carbons (Fsp3) is 0.179. The lowest BCUT2D eigenvalue weighted by Gasteiger charge is -2.19. The van der Waals surface area contributed by atoms with Gasteiger partial charge in [-0.05, 0) is 59.0 Å². The molecule has 0 amide bonds. The largest absolute Gasteiger partial charge is 0.478 e. The summed E-state index contributed by atoms with van der Waals surface area (Å²) in [6.07, 6.45) is 1.74. The van der Waals surface area contributed by atoms with Crippen molar-refractivity contribution in [3.8, 4) is 0 Å². The first-order valence-electron chi connectivity index (χ1n) is 11.2. The van der Waals surface area contributed by atoms with Gasteiger partial charge in [0.15, 0.2) is 0 Å². The third-order valence-corrected chi connectivity index (χ3v) is 8.38. The molecule has 0 saturated heterocycles. The van der Waals surface area contributed by atoms with E-state index in [2.05, 4.69) is 20.4 Å². The lowest BCUT2D eigenvalue weighted by molar-refractivity contribution is 0.0697. The number of aromatic carboxylic acids is 1. The summed E-state index contributed by atoms with van der Waals surface area (Å²) in [5, 5.41) is 9.43. The fourth-order valence-electron chi connectivity index (χ4n) is 4.23. The molecule has 180 valence electrons. The number of benzene rings is 3. The summed E-state index contributed by atoms with van der Waals surface area (Å²) in [7, 11) is -3.94. The van der Waals surface area contributed by atoms with Crippen LogP contribution >= 0.6 is 11.6 Å². The van der Waals surface area contributed by atoms with E-state index in [9.17, 15) is 18.3 Å². The molecule has 1 aromatic heterocycles. The van der Waals surface area contributed by atoms with E-state index in [1.807, 2.05) is 30.3 Å². The Morgan fingerprint density at radius 2 is 1.63 bits per heavy atom. The first kappa shape index (κ1) is 24.8. The van der Waals surface area contributed by atoms with Gasteiger partial charge in [-0.2, -0.15) is 0 Å². The molecular formula is C28H26ClNO4S. The highest BCUT2D eigenvalue weighted by molar-refractivity contribution is 7.90. The van der Waals surface area contributed by atoms with E-state index in [4.69, 9.17) is 11.6 Å². The number of carboxylic acids is 1. The van der Waals surface area contributed by atoms with Crippen LogP contribution in [0.3, 0.4) is 0 Å². The third kappa shape index (κ3) is 4.90. The van der Waals surface area contributed by atoms with Crippen molar-refractivity contribution >= 4 is 38.5 Å². The third-order valence-electron chi connectivity index (χ3n) is 6.10. The first-order chi connectivity index (χ1) is 16.6. The lowest BCUT2D eigenvalue weighted by Crippen LogP contribution is -2.22. The number of carbonyl (C=O) groups is 1. The zero-order valence-corrected chi connectivity index (χ0v) is 21.1. The van der Waals surface area contributed by atoms with E-state index in [1.165, 1.54) is 22.2 Å². The van der Waals surface area contributed by atoms with Crippen molar-refractivity contribution in [2.75, 3.05) is 0 Å². The topological polar surface area (TPSA) is 76.4 Å². The average Bonchev–Trinajstić information content (AvgIpc) is 3.17. The maximum Gasteiger partial charge on any atom is 0.335 e. The van der Waals surface area contributed by atoms with Crippen molar-refractivity contribution in [1.29, 1.82) is 0 Å². The van der Waals surface area contributed by atoms with Gasteiger partial charge in [-0.1, -0.05) is 67.9 Å². The zero-order valence-electron chi connectivity index (χ0n) is 19.5. The van der Waals surface area contributed by atoms with Crippen molar-refractivity contribution in [1.82, 2.24) is 3.97 Å². The SMILES string of the molecule is C=CC(c1ccc(C(C)C)cc1)S(=O)(=O)n1c(Cc2ccc(C(=O)O)cc2)cc2cc(Cl)ccc21. The smallest absolute Gasteiger partial charge is 0.335 e. The summed E-state index contributed by atoms with van der Waals surface area (Å²) in [5.41, 5.74) is 3.80. The minimum Gasteiger partial charge on any atom is -0.478 e. The van der Waals surface area contributed by atoms with E-state index in [0.29, 0.717) is 39.5 Å². The van der Waals surface area contributed by atoms with Gasteiger partial charge in [-0.25, -0.2) is 17.2 Å². The number of hydrogen-bond acceptors (Lipinski definition) is 3. The van der Waals surface area contributed by atoms with Gasteiger partial charge in [-0.3, -0.25) is 0 Å². The van der Waals surface area contributed by atoms with Gasteiger partial charge < -0.3 is 5.11 Å². The van der Waals surface area contributed by atoms with Crippen molar-refractivity contribution < 1.29 is 18.3 Å². The second-order valence-corrected chi connectivity index (χ2v) is 11.1. The Bertz CT molecular complexity index is 1500. The summed E-state index contributed by atoms with van der Waals surface area (Å²) in [6.45, 7) is 8.01. The fourth-order valence-corrected chi connectivity index (χ4v) is 6.27. The van der Waals surface area contributed by atoms with E-state index >= 15 is 0 Å². The number of halogens is 1. The van der Waals surface area contributed by atoms with Crippen LogP contribution in [0.4, 0.5) is 0 Å². The molecule has 1 N–H and O–H groups in total. The van der Waals surface area contributed by atoms with Crippen LogP contribution in [0.5, 0.6) is 0 Å². The summed E-state index contributed by atoms with van der Waals surface area (Å²) in [6, 6.07) is 20.9. The number of aromatic nitrogens is 1. The van der Waals surface area contributed by atoms with Gasteiger partial charge in [0.05, 0.1) is 11.1 Å². The molecule has 0 spiro atoms. The molecule has 1 heterocycles. The van der Waals surface area contributed by atoms with Crippen LogP contribution in [0, 0.1) is 0 Å². The molecule has 1 atom stereocenters. The summed E-state index contributed by atoms with van der Waals surface area (Å²) in [5.74, 6) is -0.680. The van der Waals surface area contributed by atoms with Gasteiger partial charge in [0.2, 0.25) is 10.0 Å². The predicted molar refractivity (Wildman–Crippen MR) is 141 cm³/mol. The van der Waals surface area contributed by atoms with Crippen LogP contribution in [-0.4, -0.2) is 23.5 Å². The van der Waals surface area contributed by atoms with Crippen LogP contribution in [0.15, 0.2) is 85.5 Å². The maximum atomic E-state index is 14.1. The normalized spacial score (nSPS) is 12.7. The van der Waals surface area contributed by atoms with Crippen LogP contribution in [0.25, 0.3) is 10.9 Å². The van der Waals surface area contributed by atoms with Crippen LogP contribution in [0.1, 0.15) is 57.8 Å². The first-order valence-corrected chi connectivity index (χ1v) is 13.1. The molecule has 1 unspecified atom stereocenters. The molecule has 0 aliphatic carbocycles. The van der Waals surface area contributed by atoms with Crippen molar-refractivity contribution in [3.63, 3.8) is 0 Å². The molecular weight excluding hydrogens is 482 g/mol. The van der Waals surface area contributed by atoms with Gasteiger partial charge in [0, 0.05) is 22.5 Å². The van der Waals surface area contributed by atoms with Crippen LogP contribution < -0.4 is 0 Å². The Balaban J connectivity index is 1.84. The van der Waals surface area contributed by atoms with Crippen molar-refractivity contribution in [2.24, 2.45) is 0 Å². The molecule has 3 aromatic carbocycles. The van der Waals surface area contributed by atoms with E-state index in [0.717, 1.165) is 11.1 Å². The Morgan fingerprint density at radius 3 is 2.20 bits per heavy atom. The van der Waals surface area contributed by atoms with Crippen molar-refractivity contribution in [2.45, 2.75) is 31.4 Å². The van der Waals surface area contributed by atoms with Gasteiger partial charge in [-0.15, -0.1) is 6.58 Å². The molecule has 0 bridgehead atoms. The number of carboxylic acid groups (broad SMARTS) is 1. The molecule has 0 aliphatic heterocycles. The minimum atomic E-state index is -3.94. The molecule has 0 radical (unpaired) electrons. The Morgan fingerprint density at radius 1 is 1.00 bits per heavy atom. The highest BCUT2D eigenvalue weighted by Crippen LogP contribution is 2.33. The second-order valence-electron chi connectivity index (χ2n) is 8.80. The maximum absolute atomic E-state index is 14.1. The Kier molecular flexibility index (Phi) is 6.88. The van der Waals surface area contributed by atoms with Crippen LogP contribution in [0.2, 0.25) is 5.02 Å². The zero-order chi connectivity index (χ0) is 25.3. The number of fused-ring (bicyclic) bond motifs is 1. The molecule has 0 fully saturated rings. The highest BCUT2D eigenvalue weighted by atomic mass is 35.5. The number of nitrogens with zero attached hydrogens (tertiary/aromatic N) is 1. The monoisotopic (exact) mass is 507 g/mol. The Hall–Kier alpha value is -3.35. The summed E-state index contributed by atoms with van der Waals surface area (Å²) >= 11 is 6.20. The molecule has 4 aromatic rings. The van der Waals surface area contributed by atoms with Gasteiger partial charge in [0.1, 0.15) is 5.25 Å². The minimum absolute atomic E-state index is 0.172. The van der Waals surface area contributed by atoms with E-state index < -0.39 is 21.2 Å². The quantitative estimate of drug-likeness (QED) is 0.266. The number of rotatable bonds is 8. The summed E-state index contributed by atoms with van der Waals surface area (Å²) in [4.78, 5) is 11.2. The highest BCUT2D eigenvalue weighted by Gasteiger charge is 2.30. The van der Waals surface area contributed by atoms with Gasteiger partial charge >= 0.3 is 5.97 Å². The molecule has 7 heteroatoms. The second kappa shape index (κ2) is 9.72. The van der Waals surface area contributed by atoms with Crippen molar-refractivity contribution in [3.05, 3.63) is 118 Å². The van der Waals surface area contributed by atoms with E-state index in [-0.39, 0.29) is 5.56 Å². The lowest BCUT2D eigenvalue weighted by atomic mass is 10.0. The molecule has 0 saturated carbocycles. The summed E-state index contributed by atoms with van der Waals surface area (Å²) < 4.78 is 29.5. The molecule has 35 heavy (non-hydrogen) atoms. The average molecular weight is 508 g/mol. The standard InChI is InChI=1S/C28H26ClNO4S/c1-4-27(21-11-9-20(10-12-21)18(2)3)35(33,34)30-25(17-23-16-24(29)13-14-26(23)30)15-19-5-7-22(8-6-19)28(31)32/h4-14,16-18,27H,1,15H2,2-3H3,(H,31,32). The molecule has 5 nitrogen and oxygen atoms in total. The predicted octanol–water partition coefficient (Wildman–Crippen LogP) is 6.81.